The molecular weight excluding hydrogens is 312 g/mol. The molecule has 130 valence electrons. The number of rotatable bonds is 4. The summed E-state index contributed by atoms with van der Waals surface area (Å²) in [6.45, 7) is 10.6. The SMILES string of the molecule is Cc1cc(C(=O)NC(C)Cn2nc(C)cc2C)c2cccc(C)c2n1. The number of amides is 1. The Morgan fingerprint density at radius 3 is 2.60 bits per heavy atom. The van der Waals surface area contributed by atoms with E-state index in [9.17, 15) is 4.79 Å². The second-order valence-corrected chi connectivity index (χ2v) is 6.77. The highest BCUT2D eigenvalue weighted by Crippen LogP contribution is 2.21. The average Bonchev–Trinajstić information content (AvgIpc) is 2.84. The zero-order valence-corrected chi connectivity index (χ0v) is 15.4. The number of hydrogen-bond acceptors (Lipinski definition) is 3. The minimum absolute atomic E-state index is 0.0289. The monoisotopic (exact) mass is 336 g/mol. The molecule has 0 spiro atoms. The van der Waals surface area contributed by atoms with Crippen LogP contribution in [0.15, 0.2) is 30.3 Å². The molecule has 1 unspecified atom stereocenters. The lowest BCUT2D eigenvalue weighted by Crippen LogP contribution is -2.36. The predicted molar refractivity (Wildman–Crippen MR) is 99.8 cm³/mol. The minimum atomic E-state index is -0.0740. The van der Waals surface area contributed by atoms with E-state index in [0.29, 0.717) is 12.1 Å². The maximum absolute atomic E-state index is 12.8. The van der Waals surface area contributed by atoms with Crippen molar-refractivity contribution in [3.63, 3.8) is 0 Å². The molecule has 0 saturated heterocycles. The van der Waals surface area contributed by atoms with Crippen molar-refractivity contribution in [1.82, 2.24) is 20.1 Å². The fraction of sp³-hybridized carbons (Fsp3) is 0.350. The molecule has 0 fully saturated rings. The summed E-state index contributed by atoms with van der Waals surface area (Å²) >= 11 is 0. The number of fused-ring (bicyclic) bond motifs is 1. The number of aryl methyl sites for hydroxylation is 4. The molecule has 0 saturated carbocycles. The second-order valence-electron chi connectivity index (χ2n) is 6.77. The van der Waals surface area contributed by atoms with Crippen molar-refractivity contribution in [1.29, 1.82) is 0 Å². The van der Waals surface area contributed by atoms with Crippen molar-refractivity contribution < 1.29 is 4.79 Å². The van der Waals surface area contributed by atoms with E-state index < -0.39 is 0 Å². The standard InChI is InChI=1S/C20H24N4O/c1-12-7-6-8-17-18(10-13(2)21-19(12)17)20(25)22-15(4)11-24-16(5)9-14(3)23-24/h6-10,15H,11H2,1-5H3,(H,22,25). The zero-order chi connectivity index (χ0) is 18.1. The molecule has 25 heavy (non-hydrogen) atoms. The number of hydrogen-bond donors (Lipinski definition) is 1. The summed E-state index contributed by atoms with van der Waals surface area (Å²) in [5, 5.41) is 8.44. The molecule has 0 aliphatic carbocycles. The molecule has 5 heteroatoms. The molecule has 3 aromatic rings. The third-order valence-corrected chi connectivity index (χ3v) is 4.34. The summed E-state index contributed by atoms with van der Waals surface area (Å²) in [5.74, 6) is -0.0740. The Morgan fingerprint density at radius 1 is 1.16 bits per heavy atom. The molecule has 0 bridgehead atoms. The van der Waals surface area contributed by atoms with Crippen LogP contribution in [0, 0.1) is 27.7 Å². The van der Waals surface area contributed by atoms with Gasteiger partial charge in [0.25, 0.3) is 5.91 Å². The lowest BCUT2D eigenvalue weighted by atomic mass is 10.0. The topological polar surface area (TPSA) is 59.8 Å². The Balaban J connectivity index is 1.85. The first kappa shape index (κ1) is 17.1. The first-order chi connectivity index (χ1) is 11.8. The van der Waals surface area contributed by atoms with E-state index in [1.807, 2.05) is 69.6 Å². The van der Waals surface area contributed by atoms with Gasteiger partial charge < -0.3 is 5.32 Å². The predicted octanol–water partition coefficient (Wildman–Crippen LogP) is 3.48. The van der Waals surface area contributed by atoms with E-state index >= 15 is 0 Å². The van der Waals surface area contributed by atoms with Crippen molar-refractivity contribution in [2.75, 3.05) is 0 Å². The molecule has 3 rings (SSSR count). The van der Waals surface area contributed by atoms with Crippen molar-refractivity contribution in [2.24, 2.45) is 0 Å². The normalized spacial score (nSPS) is 12.4. The smallest absolute Gasteiger partial charge is 0.252 e. The number of nitrogens with one attached hydrogen (secondary N) is 1. The number of pyridine rings is 1. The highest BCUT2D eigenvalue weighted by atomic mass is 16.1. The molecule has 0 aliphatic rings. The third kappa shape index (κ3) is 3.55. The Bertz CT molecular complexity index is 942. The van der Waals surface area contributed by atoms with Crippen LogP contribution in [0.4, 0.5) is 0 Å². The molecule has 1 N–H and O–H groups in total. The summed E-state index contributed by atoms with van der Waals surface area (Å²) in [6.07, 6.45) is 0. The lowest BCUT2D eigenvalue weighted by Gasteiger charge is -2.16. The average molecular weight is 336 g/mol. The summed E-state index contributed by atoms with van der Waals surface area (Å²) in [7, 11) is 0. The lowest BCUT2D eigenvalue weighted by molar-refractivity contribution is 0.0937. The molecule has 2 aromatic heterocycles. The second kappa shape index (κ2) is 6.67. The number of benzene rings is 1. The van der Waals surface area contributed by atoms with Gasteiger partial charge in [-0.2, -0.15) is 5.10 Å². The van der Waals surface area contributed by atoms with Gasteiger partial charge in [0, 0.05) is 22.8 Å². The van der Waals surface area contributed by atoms with Crippen LogP contribution in [0.2, 0.25) is 0 Å². The molecule has 5 nitrogen and oxygen atoms in total. The van der Waals surface area contributed by atoms with Gasteiger partial charge in [-0.1, -0.05) is 18.2 Å². The third-order valence-electron chi connectivity index (χ3n) is 4.34. The van der Waals surface area contributed by atoms with Crippen LogP contribution in [0.3, 0.4) is 0 Å². The van der Waals surface area contributed by atoms with E-state index in [1.165, 1.54) is 0 Å². The maximum atomic E-state index is 12.8. The van der Waals surface area contributed by atoms with Crippen molar-refractivity contribution >= 4 is 16.8 Å². The van der Waals surface area contributed by atoms with E-state index in [0.717, 1.165) is 33.5 Å². The van der Waals surface area contributed by atoms with Gasteiger partial charge in [0.1, 0.15) is 0 Å². The molecule has 2 heterocycles. The van der Waals surface area contributed by atoms with E-state index in [-0.39, 0.29) is 11.9 Å². The highest BCUT2D eigenvalue weighted by Gasteiger charge is 2.16. The molecule has 0 radical (unpaired) electrons. The minimum Gasteiger partial charge on any atom is -0.348 e. The van der Waals surface area contributed by atoms with Crippen LogP contribution in [0.1, 0.15) is 39.9 Å². The summed E-state index contributed by atoms with van der Waals surface area (Å²) in [6, 6.07) is 9.80. The van der Waals surface area contributed by atoms with E-state index in [1.54, 1.807) is 0 Å². The number of para-hydroxylation sites is 1. The zero-order valence-electron chi connectivity index (χ0n) is 15.4. The summed E-state index contributed by atoms with van der Waals surface area (Å²) in [5.41, 5.74) is 5.57. The maximum Gasteiger partial charge on any atom is 0.252 e. The number of nitrogens with zero attached hydrogens (tertiary/aromatic N) is 3. The number of aromatic nitrogens is 3. The van der Waals surface area contributed by atoms with Crippen LogP contribution >= 0.6 is 0 Å². The number of carbonyl (C=O) groups excluding carboxylic acids is 1. The van der Waals surface area contributed by atoms with Crippen molar-refractivity contribution in [2.45, 2.75) is 47.2 Å². The van der Waals surface area contributed by atoms with Gasteiger partial charge in [-0.05, 0) is 52.3 Å². The van der Waals surface area contributed by atoms with Crippen LogP contribution in [-0.4, -0.2) is 26.7 Å². The summed E-state index contributed by atoms with van der Waals surface area (Å²) in [4.78, 5) is 17.4. The van der Waals surface area contributed by atoms with Crippen molar-refractivity contribution in [3.05, 3.63) is 58.5 Å². The van der Waals surface area contributed by atoms with Crippen molar-refractivity contribution in [3.8, 4) is 0 Å². The van der Waals surface area contributed by atoms with Crippen LogP contribution in [0.25, 0.3) is 10.9 Å². The Labute approximate surface area is 148 Å². The van der Waals surface area contributed by atoms with Gasteiger partial charge in [0.05, 0.1) is 23.3 Å². The molecule has 0 aliphatic heterocycles. The van der Waals surface area contributed by atoms with Gasteiger partial charge in [-0.15, -0.1) is 0 Å². The van der Waals surface area contributed by atoms with Crippen LogP contribution < -0.4 is 5.32 Å². The van der Waals surface area contributed by atoms with Gasteiger partial charge in [0.2, 0.25) is 0 Å². The largest absolute Gasteiger partial charge is 0.348 e. The summed E-state index contributed by atoms with van der Waals surface area (Å²) < 4.78 is 1.93. The highest BCUT2D eigenvalue weighted by molar-refractivity contribution is 6.06. The Morgan fingerprint density at radius 2 is 1.92 bits per heavy atom. The van der Waals surface area contributed by atoms with Gasteiger partial charge in [-0.25, -0.2) is 0 Å². The van der Waals surface area contributed by atoms with E-state index in [2.05, 4.69) is 15.4 Å². The van der Waals surface area contributed by atoms with Gasteiger partial charge in [0.15, 0.2) is 0 Å². The van der Waals surface area contributed by atoms with Crippen LogP contribution in [-0.2, 0) is 6.54 Å². The van der Waals surface area contributed by atoms with E-state index in [4.69, 9.17) is 0 Å². The molecule has 1 atom stereocenters. The fourth-order valence-corrected chi connectivity index (χ4v) is 3.17. The fourth-order valence-electron chi connectivity index (χ4n) is 3.17. The molecule has 1 amide bonds. The van der Waals surface area contributed by atoms with Crippen LogP contribution in [0.5, 0.6) is 0 Å². The quantitative estimate of drug-likeness (QED) is 0.793. The first-order valence-corrected chi connectivity index (χ1v) is 8.54. The van der Waals surface area contributed by atoms with Gasteiger partial charge in [-0.3, -0.25) is 14.5 Å². The number of carbonyl (C=O) groups is 1. The van der Waals surface area contributed by atoms with Gasteiger partial charge >= 0.3 is 0 Å². The molecule has 1 aromatic carbocycles. The first-order valence-electron chi connectivity index (χ1n) is 8.54. The Kier molecular flexibility index (Phi) is 4.57. The Hall–Kier alpha value is -2.69. The molecular formula is C20H24N4O.